The molecule has 0 bridgehead atoms. The number of aromatic nitrogens is 1. The highest BCUT2D eigenvalue weighted by molar-refractivity contribution is 9.10. The molecule has 3 aromatic rings. The minimum atomic E-state index is -0.193. The van der Waals surface area contributed by atoms with E-state index in [0.29, 0.717) is 12.8 Å². The fraction of sp³-hybridized carbons (Fsp3) is 0.286. The lowest BCUT2D eigenvalue weighted by Crippen LogP contribution is -2.04. The van der Waals surface area contributed by atoms with Crippen molar-refractivity contribution >= 4 is 32.8 Å². The predicted octanol–water partition coefficient (Wildman–Crippen LogP) is 4.87. The molecule has 0 aliphatic carbocycles. The number of carbonyl (C=O) groups is 1. The number of carbonyl (C=O) groups excluding carboxylic acids is 1. The van der Waals surface area contributed by atoms with Gasteiger partial charge in [-0.15, -0.1) is 0 Å². The van der Waals surface area contributed by atoms with Crippen molar-refractivity contribution in [2.75, 3.05) is 14.2 Å². The first-order chi connectivity index (χ1) is 12.5. The van der Waals surface area contributed by atoms with Crippen molar-refractivity contribution in [2.24, 2.45) is 0 Å². The van der Waals surface area contributed by atoms with Crippen molar-refractivity contribution in [3.63, 3.8) is 0 Å². The van der Waals surface area contributed by atoms with Crippen LogP contribution in [0.2, 0.25) is 0 Å². The number of hydrogen-bond acceptors (Lipinski definition) is 3. The molecule has 26 heavy (non-hydrogen) atoms. The SMILES string of the molecule is COC(=O)CCc1c(C)n(Cc2ccc(Br)cc2)c2ccc(OC)cc12. The summed E-state index contributed by atoms with van der Waals surface area (Å²) in [6, 6.07) is 14.5. The van der Waals surface area contributed by atoms with Crippen LogP contribution in [0, 0.1) is 6.92 Å². The van der Waals surface area contributed by atoms with E-state index in [-0.39, 0.29) is 5.97 Å². The number of rotatable bonds is 6. The van der Waals surface area contributed by atoms with Gasteiger partial charge in [0.1, 0.15) is 5.75 Å². The Kier molecular flexibility index (Phi) is 5.67. The molecule has 0 aliphatic rings. The highest BCUT2D eigenvalue weighted by atomic mass is 79.9. The lowest BCUT2D eigenvalue weighted by atomic mass is 10.1. The van der Waals surface area contributed by atoms with Gasteiger partial charge in [-0.05, 0) is 54.8 Å². The van der Waals surface area contributed by atoms with Gasteiger partial charge in [0.05, 0.1) is 14.2 Å². The van der Waals surface area contributed by atoms with Crippen molar-refractivity contribution in [2.45, 2.75) is 26.3 Å². The molecule has 0 unspecified atom stereocenters. The van der Waals surface area contributed by atoms with E-state index in [4.69, 9.17) is 9.47 Å². The van der Waals surface area contributed by atoms with Crippen LogP contribution >= 0.6 is 15.9 Å². The van der Waals surface area contributed by atoms with E-state index in [1.54, 1.807) is 7.11 Å². The van der Waals surface area contributed by atoms with Gasteiger partial charge in [-0.2, -0.15) is 0 Å². The van der Waals surface area contributed by atoms with Crippen LogP contribution in [0.15, 0.2) is 46.9 Å². The summed E-state index contributed by atoms with van der Waals surface area (Å²) in [6.45, 7) is 2.89. The molecular weight excluding hydrogens is 394 g/mol. The lowest BCUT2D eigenvalue weighted by molar-refractivity contribution is -0.140. The van der Waals surface area contributed by atoms with Gasteiger partial charge in [0.2, 0.25) is 0 Å². The summed E-state index contributed by atoms with van der Waals surface area (Å²) in [7, 11) is 3.09. The van der Waals surface area contributed by atoms with E-state index in [9.17, 15) is 4.79 Å². The second-order valence-corrected chi connectivity index (χ2v) is 7.15. The number of halogens is 1. The molecule has 0 N–H and O–H groups in total. The van der Waals surface area contributed by atoms with Crippen LogP contribution in [0.4, 0.5) is 0 Å². The van der Waals surface area contributed by atoms with Crippen LogP contribution in [-0.2, 0) is 22.5 Å². The van der Waals surface area contributed by atoms with Crippen molar-refractivity contribution < 1.29 is 14.3 Å². The first kappa shape index (κ1) is 18.5. The smallest absolute Gasteiger partial charge is 0.305 e. The Morgan fingerprint density at radius 1 is 1.12 bits per heavy atom. The molecule has 4 nitrogen and oxygen atoms in total. The Morgan fingerprint density at radius 2 is 1.85 bits per heavy atom. The van der Waals surface area contributed by atoms with Crippen molar-refractivity contribution in [3.8, 4) is 5.75 Å². The Labute approximate surface area is 161 Å². The van der Waals surface area contributed by atoms with E-state index in [0.717, 1.165) is 27.7 Å². The molecule has 0 saturated heterocycles. The maximum Gasteiger partial charge on any atom is 0.305 e. The minimum Gasteiger partial charge on any atom is -0.497 e. The average Bonchev–Trinajstić information content (AvgIpc) is 2.92. The number of esters is 1. The Morgan fingerprint density at radius 3 is 2.50 bits per heavy atom. The Balaban J connectivity index is 2.05. The number of ether oxygens (including phenoxy) is 2. The molecule has 0 radical (unpaired) electrons. The van der Waals surface area contributed by atoms with E-state index in [1.807, 2.05) is 12.1 Å². The number of fused-ring (bicyclic) bond motifs is 1. The van der Waals surface area contributed by atoms with E-state index in [2.05, 4.69) is 57.8 Å². The molecule has 0 amide bonds. The Hall–Kier alpha value is -2.27. The van der Waals surface area contributed by atoms with Crippen LogP contribution in [0.1, 0.15) is 23.2 Å². The molecule has 0 spiro atoms. The molecule has 1 aromatic heterocycles. The summed E-state index contributed by atoms with van der Waals surface area (Å²) in [4.78, 5) is 11.6. The van der Waals surface area contributed by atoms with Gasteiger partial charge in [0.25, 0.3) is 0 Å². The van der Waals surface area contributed by atoms with Gasteiger partial charge in [-0.25, -0.2) is 0 Å². The molecule has 0 aliphatic heterocycles. The molecule has 0 fully saturated rings. The van der Waals surface area contributed by atoms with Crippen molar-refractivity contribution in [1.29, 1.82) is 0 Å². The van der Waals surface area contributed by atoms with E-state index < -0.39 is 0 Å². The third kappa shape index (κ3) is 3.78. The Bertz CT molecular complexity index is 929. The summed E-state index contributed by atoms with van der Waals surface area (Å²) in [5.74, 6) is 0.624. The van der Waals surface area contributed by atoms with Crippen LogP contribution in [0.25, 0.3) is 10.9 Å². The van der Waals surface area contributed by atoms with E-state index in [1.165, 1.54) is 23.9 Å². The molecule has 3 rings (SSSR count). The second kappa shape index (κ2) is 7.96. The van der Waals surface area contributed by atoms with Crippen molar-refractivity contribution in [1.82, 2.24) is 4.57 Å². The number of benzene rings is 2. The van der Waals surface area contributed by atoms with Gasteiger partial charge in [-0.3, -0.25) is 4.79 Å². The molecule has 5 heteroatoms. The average molecular weight is 416 g/mol. The second-order valence-electron chi connectivity index (χ2n) is 6.24. The quantitative estimate of drug-likeness (QED) is 0.538. The number of nitrogens with zero attached hydrogens (tertiary/aromatic N) is 1. The normalized spacial score (nSPS) is 10.9. The first-order valence-corrected chi connectivity index (χ1v) is 9.29. The third-order valence-corrected chi connectivity index (χ3v) is 5.25. The zero-order valence-electron chi connectivity index (χ0n) is 15.2. The standard InChI is InChI=1S/C21H22BrNO3/c1-14-18(9-11-21(24)26-3)19-12-17(25-2)8-10-20(19)23(14)13-15-4-6-16(22)7-5-15/h4-8,10,12H,9,11,13H2,1-3H3. The van der Waals surface area contributed by atoms with Gasteiger partial charge >= 0.3 is 5.97 Å². The first-order valence-electron chi connectivity index (χ1n) is 8.50. The number of hydrogen-bond donors (Lipinski definition) is 0. The van der Waals surface area contributed by atoms with Crippen LogP contribution in [0.5, 0.6) is 5.75 Å². The van der Waals surface area contributed by atoms with Gasteiger partial charge in [0.15, 0.2) is 0 Å². The van der Waals surface area contributed by atoms with Gasteiger partial charge < -0.3 is 14.0 Å². The topological polar surface area (TPSA) is 40.5 Å². The molecular formula is C21H22BrNO3. The monoisotopic (exact) mass is 415 g/mol. The summed E-state index contributed by atoms with van der Waals surface area (Å²) >= 11 is 3.48. The molecule has 136 valence electrons. The van der Waals surface area contributed by atoms with Gasteiger partial charge in [0, 0.05) is 34.0 Å². The highest BCUT2D eigenvalue weighted by Gasteiger charge is 2.16. The predicted molar refractivity (Wildman–Crippen MR) is 107 cm³/mol. The molecule has 1 heterocycles. The number of methoxy groups -OCH3 is 2. The summed E-state index contributed by atoms with van der Waals surface area (Å²) in [6.07, 6.45) is 1.02. The van der Waals surface area contributed by atoms with Crippen LogP contribution in [0.3, 0.4) is 0 Å². The molecule has 2 aromatic carbocycles. The molecule has 0 saturated carbocycles. The number of aryl methyl sites for hydroxylation is 1. The van der Waals surface area contributed by atoms with Crippen molar-refractivity contribution in [3.05, 3.63) is 63.8 Å². The van der Waals surface area contributed by atoms with Crippen LogP contribution < -0.4 is 4.74 Å². The molecule has 0 atom stereocenters. The fourth-order valence-corrected chi connectivity index (χ4v) is 3.54. The summed E-state index contributed by atoms with van der Waals surface area (Å²) < 4.78 is 13.6. The fourth-order valence-electron chi connectivity index (χ4n) is 3.28. The van der Waals surface area contributed by atoms with E-state index >= 15 is 0 Å². The highest BCUT2D eigenvalue weighted by Crippen LogP contribution is 2.31. The minimum absolute atomic E-state index is 0.193. The summed E-state index contributed by atoms with van der Waals surface area (Å²) in [5.41, 5.74) is 4.70. The summed E-state index contributed by atoms with van der Waals surface area (Å²) in [5, 5.41) is 1.13. The zero-order chi connectivity index (χ0) is 18.7. The third-order valence-electron chi connectivity index (χ3n) is 4.72. The van der Waals surface area contributed by atoms with Gasteiger partial charge in [-0.1, -0.05) is 28.1 Å². The zero-order valence-corrected chi connectivity index (χ0v) is 16.8. The maximum absolute atomic E-state index is 11.6. The lowest BCUT2D eigenvalue weighted by Gasteiger charge is -2.09. The van der Waals surface area contributed by atoms with Crippen LogP contribution in [-0.4, -0.2) is 24.8 Å². The maximum atomic E-state index is 11.6. The largest absolute Gasteiger partial charge is 0.497 e.